The van der Waals surface area contributed by atoms with Crippen molar-refractivity contribution in [3.63, 3.8) is 0 Å². The Labute approximate surface area is 118 Å². The Bertz CT molecular complexity index is 438. The fraction of sp³-hybridized carbons (Fsp3) is 0.571. The largest absolute Gasteiger partial charge is 0.486 e. The molecule has 0 saturated heterocycles. The van der Waals surface area contributed by atoms with E-state index in [0.29, 0.717) is 24.0 Å². The van der Waals surface area contributed by atoms with Crippen LogP contribution in [0.2, 0.25) is 5.02 Å². The second kappa shape index (κ2) is 5.18. The predicted molar refractivity (Wildman–Crippen MR) is 75.1 cm³/mol. The van der Waals surface area contributed by atoms with Gasteiger partial charge in [-0.1, -0.05) is 32.4 Å². The second-order valence-corrected chi connectivity index (χ2v) is 6.68. The van der Waals surface area contributed by atoms with Gasteiger partial charge in [0, 0.05) is 11.1 Å². The topological polar surface area (TPSA) is 18.5 Å². The van der Waals surface area contributed by atoms with Crippen molar-refractivity contribution in [3.8, 4) is 11.5 Å². The van der Waals surface area contributed by atoms with Crippen molar-refractivity contribution in [1.82, 2.24) is 0 Å². The van der Waals surface area contributed by atoms with Crippen LogP contribution in [0.15, 0.2) is 12.1 Å². The smallest absolute Gasteiger partial charge is 0.162 e. The van der Waals surface area contributed by atoms with Gasteiger partial charge in [-0.05, 0) is 23.5 Å². The number of hydrogen-bond acceptors (Lipinski definition) is 2. The number of rotatable bonds is 2. The van der Waals surface area contributed by atoms with E-state index in [1.54, 1.807) is 6.07 Å². The zero-order valence-corrected chi connectivity index (χ0v) is 12.4. The highest BCUT2D eigenvalue weighted by atomic mass is 35.5. The van der Waals surface area contributed by atoms with Gasteiger partial charge >= 0.3 is 0 Å². The molecule has 0 spiro atoms. The van der Waals surface area contributed by atoms with E-state index < -0.39 is 0 Å². The molecule has 2 rings (SSSR count). The molecule has 4 heteroatoms. The molecule has 0 radical (unpaired) electrons. The minimum atomic E-state index is -0.117. The van der Waals surface area contributed by atoms with E-state index >= 15 is 0 Å². The van der Waals surface area contributed by atoms with E-state index in [9.17, 15) is 0 Å². The molecule has 1 atom stereocenters. The van der Waals surface area contributed by atoms with E-state index in [0.717, 1.165) is 17.7 Å². The van der Waals surface area contributed by atoms with Gasteiger partial charge in [0.25, 0.3) is 0 Å². The summed E-state index contributed by atoms with van der Waals surface area (Å²) in [6.45, 7) is 7.62. The Morgan fingerprint density at radius 1 is 1.17 bits per heavy atom. The SMILES string of the molecule is CC(C)(C)CC(Cl)c1cc2c(cc1Cl)OCCO2. The van der Waals surface area contributed by atoms with Crippen molar-refractivity contribution in [1.29, 1.82) is 0 Å². The Morgan fingerprint density at radius 2 is 1.72 bits per heavy atom. The first-order chi connectivity index (χ1) is 8.37. The number of ether oxygens (including phenoxy) is 2. The second-order valence-electron chi connectivity index (χ2n) is 5.75. The lowest BCUT2D eigenvalue weighted by Gasteiger charge is -2.25. The molecule has 0 aromatic heterocycles. The first-order valence-electron chi connectivity index (χ1n) is 6.10. The first-order valence-corrected chi connectivity index (χ1v) is 6.91. The maximum atomic E-state index is 6.46. The first kappa shape index (κ1) is 13.8. The molecule has 1 aromatic rings. The number of alkyl halides is 1. The van der Waals surface area contributed by atoms with Crippen molar-refractivity contribution in [2.24, 2.45) is 5.41 Å². The molecule has 2 nitrogen and oxygen atoms in total. The molecule has 1 unspecified atom stereocenters. The van der Waals surface area contributed by atoms with Gasteiger partial charge in [0.2, 0.25) is 0 Å². The zero-order chi connectivity index (χ0) is 13.3. The van der Waals surface area contributed by atoms with Crippen molar-refractivity contribution >= 4 is 23.2 Å². The Morgan fingerprint density at radius 3 is 2.28 bits per heavy atom. The molecule has 1 aliphatic rings. The van der Waals surface area contributed by atoms with Crippen LogP contribution in [0, 0.1) is 5.41 Å². The molecular formula is C14H18Cl2O2. The summed E-state index contributed by atoms with van der Waals surface area (Å²) in [5, 5.41) is 0.525. The highest BCUT2D eigenvalue weighted by Gasteiger charge is 2.23. The van der Waals surface area contributed by atoms with Crippen molar-refractivity contribution in [2.45, 2.75) is 32.6 Å². The minimum Gasteiger partial charge on any atom is -0.486 e. The van der Waals surface area contributed by atoms with Crippen LogP contribution in [-0.4, -0.2) is 13.2 Å². The lowest BCUT2D eigenvalue weighted by atomic mass is 9.88. The summed E-state index contributed by atoms with van der Waals surface area (Å²) in [5.41, 5.74) is 1.07. The molecule has 1 aromatic carbocycles. The standard InChI is InChI=1S/C14H18Cl2O2/c1-14(2,3)8-11(16)9-6-12-13(7-10(9)15)18-5-4-17-12/h6-7,11H,4-5,8H2,1-3H3. The summed E-state index contributed by atoms with van der Waals surface area (Å²) in [5.74, 6) is 1.44. The predicted octanol–water partition coefficient (Wildman–Crippen LogP) is 4.83. The third-order valence-electron chi connectivity index (χ3n) is 2.79. The quantitative estimate of drug-likeness (QED) is 0.726. The molecule has 0 aliphatic carbocycles. The lowest BCUT2D eigenvalue weighted by molar-refractivity contribution is 0.171. The molecule has 0 bridgehead atoms. The number of hydrogen-bond donors (Lipinski definition) is 0. The summed E-state index contributed by atoms with van der Waals surface area (Å²) >= 11 is 12.7. The number of halogens is 2. The maximum absolute atomic E-state index is 6.46. The van der Waals surface area contributed by atoms with Crippen molar-refractivity contribution in [3.05, 3.63) is 22.7 Å². The van der Waals surface area contributed by atoms with Crippen LogP contribution < -0.4 is 9.47 Å². The van der Waals surface area contributed by atoms with Crippen molar-refractivity contribution in [2.75, 3.05) is 13.2 Å². The van der Waals surface area contributed by atoms with Crippen LogP contribution in [0.3, 0.4) is 0 Å². The summed E-state index contributed by atoms with van der Waals surface area (Å²) in [6, 6.07) is 3.70. The van der Waals surface area contributed by atoms with E-state index in [1.165, 1.54) is 0 Å². The number of fused-ring (bicyclic) bond motifs is 1. The molecule has 0 amide bonds. The van der Waals surface area contributed by atoms with Gasteiger partial charge in [0.15, 0.2) is 11.5 Å². The molecule has 1 aliphatic heterocycles. The molecule has 0 fully saturated rings. The Hall–Kier alpha value is -0.600. The highest BCUT2D eigenvalue weighted by molar-refractivity contribution is 6.33. The summed E-state index contributed by atoms with van der Waals surface area (Å²) in [4.78, 5) is 0. The van der Waals surface area contributed by atoms with Crippen LogP contribution >= 0.6 is 23.2 Å². The number of benzene rings is 1. The van der Waals surface area contributed by atoms with Crippen molar-refractivity contribution < 1.29 is 9.47 Å². The van der Waals surface area contributed by atoms with Gasteiger partial charge in [0.05, 0.1) is 5.38 Å². The van der Waals surface area contributed by atoms with Gasteiger partial charge in [0.1, 0.15) is 13.2 Å². The fourth-order valence-electron chi connectivity index (χ4n) is 1.97. The van der Waals surface area contributed by atoms with Gasteiger partial charge in [-0.3, -0.25) is 0 Å². The molecule has 0 N–H and O–H groups in total. The van der Waals surface area contributed by atoms with E-state index in [1.807, 2.05) is 6.07 Å². The Kier molecular flexibility index (Phi) is 3.98. The maximum Gasteiger partial charge on any atom is 0.162 e. The van der Waals surface area contributed by atoms with E-state index in [-0.39, 0.29) is 10.8 Å². The normalized spacial score (nSPS) is 16.5. The van der Waals surface area contributed by atoms with Gasteiger partial charge in [-0.2, -0.15) is 0 Å². The highest BCUT2D eigenvalue weighted by Crippen LogP contribution is 2.42. The average molecular weight is 289 g/mol. The van der Waals surface area contributed by atoms with E-state index in [2.05, 4.69) is 20.8 Å². The summed E-state index contributed by atoms with van der Waals surface area (Å²) < 4.78 is 11.0. The van der Waals surface area contributed by atoms with Crippen LogP contribution in [0.1, 0.15) is 38.1 Å². The van der Waals surface area contributed by atoms with Crippen LogP contribution in [0.4, 0.5) is 0 Å². The average Bonchev–Trinajstić information content (AvgIpc) is 2.25. The fourth-order valence-corrected chi connectivity index (χ4v) is 2.95. The van der Waals surface area contributed by atoms with E-state index in [4.69, 9.17) is 32.7 Å². The third kappa shape index (κ3) is 3.24. The third-order valence-corrected chi connectivity index (χ3v) is 3.51. The summed E-state index contributed by atoms with van der Waals surface area (Å²) in [6.07, 6.45) is 0.855. The van der Waals surface area contributed by atoms with Crippen LogP contribution in [0.25, 0.3) is 0 Å². The molecule has 18 heavy (non-hydrogen) atoms. The van der Waals surface area contributed by atoms with Gasteiger partial charge < -0.3 is 9.47 Å². The van der Waals surface area contributed by atoms with Crippen LogP contribution in [-0.2, 0) is 0 Å². The van der Waals surface area contributed by atoms with Crippen LogP contribution in [0.5, 0.6) is 11.5 Å². The summed E-state index contributed by atoms with van der Waals surface area (Å²) in [7, 11) is 0. The Balaban J connectivity index is 2.27. The monoisotopic (exact) mass is 288 g/mol. The van der Waals surface area contributed by atoms with Gasteiger partial charge in [-0.15, -0.1) is 11.6 Å². The molecule has 1 heterocycles. The lowest BCUT2D eigenvalue weighted by Crippen LogP contribution is -2.16. The molecule has 100 valence electrons. The van der Waals surface area contributed by atoms with Gasteiger partial charge in [-0.25, -0.2) is 0 Å². The molecular weight excluding hydrogens is 271 g/mol. The zero-order valence-electron chi connectivity index (χ0n) is 10.9. The molecule has 0 saturated carbocycles. The minimum absolute atomic E-state index is 0.117.